The third kappa shape index (κ3) is 3.39. The normalized spacial score (nSPS) is 22.4. The number of nitrogens with zero attached hydrogens (tertiary/aromatic N) is 1. The molecule has 0 atom stereocenters. The molecule has 2 N–H and O–H groups in total. The van der Waals surface area contributed by atoms with Crippen LogP contribution in [-0.2, 0) is 0 Å². The summed E-state index contributed by atoms with van der Waals surface area (Å²) in [7, 11) is 0. The predicted octanol–water partition coefficient (Wildman–Crippen LogP) is 2.92. The molecular weight excluding hydrogens is 222 g/mol. The molecule has 0 saturated heterocycles. The minimum atomic E-state index is 0.590. The summed E-state index contributed by atoms with van der Waals surface area (Å²) in [6, 6.07) is 0. The molecule has 2 saturated carbocycles. The molecule has 0 bridgehead atoms. The van der Waals surface area contributed by atoms with Gasteiger partial charge in [0.15, 0.2) is 5.96 Å². The van der Waals surface area contributed by atoms with E-state index in [1.54, 1.807) is 0 Å². The van der Waals surface area contributed by atoms with Crippen LogP contribution >= 0.6 is 0 Å². The van der Waals surface area contributed by atoms with Gasteiger partial charge < -0.3 is 10.6 Å². The Morgan fingerprint density at radius 3 is 2.50 bits per heavy atom. The Kier molecular flexibility index (Phi) is 4.90. The lowest BCUT2D eigenvalue weighted by Gasteiger charge is -2.41. The van der Waals surface area contributed by atoms with Crippen LogP contribution in [0.2, 0.25) is 0 Å². The molecule has 0 amide bonds. The zero-order valence-electron chi connectivity index (χ0n) is 12.1. The first-order chi connectivity index (χ1) is 8.80. The molecule has 0 aromatic rings. The van der Waals surface area contributed by atoms with Crippen LogP contribution in [-0.4, -0.2) is 25.6 Å². The molecule has 0 aromatic heterocycles. The van der Waals surface area contributed by atoms with Crippen LogP contribution in [0.25, 0.3) is 0 Å². The average Bonchev–Trinajstić information content (AvgIpc) is 3.12. The summed E-state index contributed by atoms with van der Waals surface area (Å²) < 4.78 is 0. The highest BCUT2D eigenvalue weighted by atomic mass is 15.2. The van der Waals surface area contributed by atoms with Gasteiger partial charge in [0.1, 0.15) is 0 Å². The highest BCUT2D eigenvalue weighted by Crippen LogP contribution is 2.57. The van der Waals surface area contributed by atoms with Crippen molar-refractivity contribution >= 4 is 5.96 Å². The maximum absolute atomic E-state index is 4.84. The molecule has 104 valence electrons. The summed E-state index contributed by atoms with van der Waals surface area (Å²) in [5.41, 5.74) is 0.590. The monoisotopic (exact) mass is 251 g/mol. The maximum atomic E-state index is 4.84. The third-order valence-corrected chi connectivity index (χ3v) is 4.51. The summed E-state index contributed by atoms with van der Waals surface area (Å²) in [5.74, 6) is 2.02. The molecule has 18 heavy (non-hydrogen) atoms. The first kappa shape index (κ1) is 13.7. The van der Waals surface area contributed by atoms with E-state index in [-0.39, 0.29) is 0 Å². The van der Waals surface area contributed by atoms with Crippen LogP contribution in [0.15, 0.2) is 4.99 Å². The Morgan fingerprint density at radius 2 is 2.00 bits per heavy atom. The van der Waals surface area contributed by atoms with Crippen molar-refractivity contribution < 1.29 is 0 Å². The molecule has 0 spiro atoms. The van der Waals surface area contributed by atoms with Gasteiger partial charge in [-0.05, 0) is 50.4 Å². The molecule has 0 aliphatic heterocycles. The summed E-state index contributed by atoms with van der Waals surface area (Å²) in [5, 5.41) is 6.80. The molecule has 3 heteroatoms. The summed E-state index contributed by atoms with van der Waals surface area (Å²) >= 11 is 0. The van der Waals surface area contributed by atoms with Gasteiger partial charge >= 0.3 is 0 Å². The lowest BCUT2D eigenvalue weighted by atomic mass is 9.65. The Morgan fingerprint density at radius 1 is 1.22 bits per heavy atom. The molecule has 2 fully saturated rings. The summed E-state index contributed by atoms with van der Waals surface area (Å²) in [4.78, 5) is 4.84. The predicted molar refractivity (Wildman–Crippen MR) is 77.9 cm³/mol. The van der Waals surface area contributed by atoms with Crippen molar-refractivity contribution in [2.45, 2.75) is 58.8 Å². The van der Waals surface area contributed by atoms with Crippen LogP contribution in [0.4, 0.5) is 0 Å². The zero-order valence-corrected chi connectivity index (χ0v) is 12.1. The fourth-order valence-corrected chi connectivity index (χ4v) is 2.98. The molecule has 0 unspecified atom stereocenters. The van der Waals surface area contributed by atoms with Crippen LogP contribution < -0.4 is 10.6 Å². The molecule has 0 aromatic carbocycles. The van der Waals surface area contributed by atoms with Crippen LogP contribution in [0.3, 0.4) is 0 Å². The van der Waals surface area contributed by atoms with E-state index in [2.05, 4.69) is 24.5 Å². The summed E-state index contributed by atoms with van der Waals surface area (Å²) in [6.45, 7) is 7.39. The number of unbranched alkanes of at least 4 members (excludes halogenated alkanes) is 1. The second-order valence-electron chi connectivity index (χ2n) is 5.97. The topological polar surface area (TPSA) is 36.4 Å². The summed E-state index contributed by atoms with van der Waals surface area (Å²) in [6.07, 6.45) is 9.61. The number of hydrogen-bond acceptors (Lipinski definition) is 1. The van der Waals surface area contributed by atoms with E-state index in [0.717, 1.165) is 31.5 Å². The van der Waals surface area contributed by atoms with Crippen molar-refractivity contribution in [3.63, 3.8) is 0 Å². The molecule has 2 rings (SSSR count). The number of nitrogens with one attached hydrogen (secondary N) is 2. The van der Waals surface area contributed by atoms with Gasteiger partial charge in [-0.15, -0.1) is 0 Å². The largest absolute Gasteiger partial charge is 0.357 e. The Balaban J connectivity index is 1.82. The van der Waals surface area contributed by atoms with Gasteiger partial charge in [-0.25, -0.2) is 0 Å². The van der Waals surface area contributed by atoms with Crippen LogP contribution in [0.1, 0.15) is 58.8 Å². The number of hydrogen-bond donors (Lipinski definition) is 2. The van der Waals surface area contributed by atoms with E-state index >= 15 is 0 Å². The molecule has 3 nitrogen and oxygen atoms in total. The fourth-order valence-electron chi connectivity index (χ4n) is 2.98. The fraction of sp³-hybridized carbons (Fsp3) is 0.933. The van der Waals surface area contributed by atoms with E-state index < -0.39 is 0 Å². The van der Waals surface area contributed by atoms with Gasteiger partial charge in [-0.3, -0.25) is 4.99 Å². The highest BCUT2D eigenvalue weighted by Gasteiger charge is 2.48. The van der Waals surface area contributed by atoms with Crippen molar-refractivity contribution in [1.29, 1.82) is 0 Å². The van der Waals surface area contributed by atoms with Gasteiger partial charge in [0.2, 0.25) is 0 Å². The Labute approximate surface area is 112 Å². The smallest absolute Gasteiger partial charge is 0.191 e. The lowest BCUT2D eigenvalue weighted by molar-refractivity contribution is 0.113. The number of guanidine groups is 1. The SMILES string of the molecule is CCCCNC(=NCC1(C2CC2)CCC1)NCC. The van der Waals surface area contributed by atoms with E-state index in [9.17, 15) is 0 Å². The Bertz CT molecular complexity index is 277. The standard InChI is InChI=1S/C15H29N3/c1-3-5-11-17-14(16-4-2)18-12-15(9-6-10-15)13-7-8-13/h13H,3-12H2,1-2H3,(H2,16,17,18). The van der Waals surface area contributed by atoms with Crippen molar-refractivity contribution in [2.24, 2.45) is 16.3 Å². The molecule has 0 heterocycles. The van der Waals surface area contributed by atoms with Crippen molar-refractivity contribution in [3.05, 3.63) is 0 Å². The van der Waals surface area contributed by atoms with Gasteiger partial charge in [0.05, 0.1) is 0 Å². The maximum Gasteiger partial charge on any atom is 0.191 e. The molecule has 2 aliphatic rings. The lowest BCUT2D eigenvalue weighted by Crippen LogP contribution is -2.41. The zero-order chi connectivity index (χ0) is 12.8. The van der Waals surface area contributed by atoms with E-state index in [1.807, 2.05) is 0 Å². The van der Waals surface area contributed by atoms with Crippen LogP contribution in [0, 0.1) is 11.3 Å². The third-order valence-electron chi connectivity index (χ3n) is 4.51. The van der Waals surface area contributed by atoms with Crippen molar-refractivity contribution in [1.82, 2.24) is 10.6 Å². The van der Waals surface area contributed by atoms with Gasteiger partial charge in [0, 0.05) is 19.6 Å². The minimum Gasteiger partial charge on any atom is -0.357 e. The number of rotatable bonds is 7. The number of aliphatic imine (C=N–C) groups is 1. The van der Waals surface area contributed by atoms with Gasteiger partial charge in [-0.2, -0.15) is 0 Å². The molecule has 0 radical (unpaired) electrons. The van der Waals surface area contributed by atoms with Crippen LogP contribution in [0.5, 0.6) is 0 Å². The van der Waals surface area contributed by atoms with Gasteiger partial charge in [-0.1, -0.05) is 19.8 Å². The first-order valence-electron chi connectivity index (χ1n) is 7.83. The Hall–Kier alpha value is -0.730. The first-order valence-corrected chi connectivity index (χ1v) is 7.83. The second kappa shape index (κ2) is 6.44. The minimum absolute atomic E-state index is 0.590. The molecule has 2 aliphatic carbocycles. The van der Waals surface area contributed by atoms with Crippen molar-refractivity contribution in [2.75, 3.05) is 19.6 Å². The highest BCUT2D eigenvalue weighted by molar-refractivity contribution is 5.79. The molecular formula is C15H29N3. The van der Waals surface area contributed by atoms with E-state index in [1.165, 1.54) is 44.9 Å². The van der Waals surface area contributed by atoms with Gasteiger partial charge in [0.25, 0.3) is 0 Å². The quantitative estimate of drug-likeness (QED) is 0.415. The van der Waals surface area contributed by atoms with Crippen molar-refractivity contribution in [3.8, 4) is 0 Å². The average molecular weight is 251 g/mol. The van der Waals surface area contributed by atoms with E-state index in [0.29, 0.717) is 5.41 Å². The van der Waals surface area contributed by atoms with E-state index in [4.69, 9.17) is 4.99 Å². The second-order valence-corrected chi connectivity index (χ2v) is 5.97.